The van der Waals surface area contributed by atoms with Crippen LogP contribution in [0.5, 0.6) is 0 Å². The van der Waals surface area contributed by atoms with Crippen molar-refractivity contribution >= 4 is 33.6 Å². The molecular formula is C30H30N2O9S. The molecule has 3 heterocycles. The van der Waals surface area contributed by atoms with Gasteiger partial charge in [-0.25, -0.2) is 13.2 Å². The van der Waals surface area contributed by atoms with Crippen LogP contribution < -0.4 is 0 Å². The first-order valence-corrected chi connectivity index (χ1v) is 15.4. The van der Waals surface area contributed by atoms with Crippen molar-refractivity contribution in [1.82, 2.24) is 9.80 Å². The Kier molecular flexibility index (Phi) is 7.14. The molecule has 0 aromatic heterocycles. The number of nitrogens with zero attached hydrogens (tertiary/aromatic N) is 2. The van der Waals surface area contributed by atoms with Crippen LogP contribution >= 0.6 is 0 Å². The van der Waals surface area contributed by atoms with Crippen LogP contribution in [0.15, 0.2) is 59.8 Å². The Morgan fingerprint density at radius 2 is 1.62 bits per heavy atom. The summed E-state index contributed by atoms with van der Waals surface area (Å²) in [7, 11) is -2.71. The maximum Gasteiger partial charge on any atom is 0.328 e. The molecule has 0 radical (unpaired) electrons. The predicted octanol–water partition coefficient (Wildman–Crippen LogP) is 1.76. The van der Waals surface area contributed by atoms with E-state index in [0.29, 0.717) is 12.8 Å². The topological polar surface area (TPSA) is 137 Å². The van der Waals surface area contributed by atoms with E-state index in [-0.39, 0.29) is 30.3 Å². The highest BCUT2D eigenvalue weighted by Crippen LogP contribution is 2.45. The molecule has 220 valence electrons. The molecule has 2 fully saturated rings. The van der Waals surface area contributed by atoms with Gasteiger partial charge in [0, 0.05) is 32.1 Å². The van der Waals surface area contributed by atoms with Crippen molar-refractivity contribution in [2.45, 2.75) is 43.2 Å². The number of rotatable bonds is 7. The Balaban J connectivity index is 1.25. The summed E-state index contributed by atoms with van der Waals surface area (Å²) >= 11 is 0. The minimum atomic E-state index is -3.93. The molecule has 2 saturated heterocycles. The molecule has 0 spiro atoms. The van der Waals surface area contributed by atoms with Gasteiger partial charge in [-0.15, -0.1) is 0 Å². The van der Waals surface area contributed by atoms with Gasteiger partial charge in [0.1, 0.15) is 25.0 Å². The SMILES string of the molecule is CO[C@H]1C(=O)N2C(C(=O)N3CCC[C@H]3C(=O)OCC3c4ccccc4-c4ccccc43)=C(COC(C)=O)CS(=O)(=O)[C@H]12. The van der Waals surface area contributed by atoms with Crippen LogP contribution in [0.3, 0.4) is 0 Å². The first-order chi connectivity index (χ1) is 20.1. The Morgan fingerprint density at radius 3 is 2.24 bits per heavy atom. The van der Waals surface area contributed by atoms with Crippen molar-refractivity contribution < 1.29 is 41.8 Å². The number of amides is 2. The average Bonchev–Trinajstić information content (AvgIpc) is 3.58. The van der Waals surface area contributed by atoms with Crippen LogP contribution in [-0.2, 0) is 43.2 Å². The number of β-lactam (4-membered cyclic amide) rings is 1. The lowest BCUT2D eigenvalue weighted by Gasteiger charge is -2.49. The molecule has 2 aromatic carbocycles. The van der Waals surface area contributed by atoms with Crippen molar-refractivity contribution in [3.8, 4) is 11.1 Å². The van der Waals surface area contributed by atoms with Gasteiger partial charge < -0.3 is 19.1 Å². The van der Waals surface area contributed by atoms with E-state index in [0.717, 1.165) is 34.1 Å². The summed E-state index contributed by atoms with van der Waals surface area (Å²) in [5.41, 5.74) is 4.10. The molecule has 4 aliphatic rings. The van der Waals surface area contributed by atoms with Gasteiger partial charge in [0.2, 0.25) is 0 Å². The summed E-state index contributed by atoms with van der Waals surface area (Å²) in [5.74, 6) is -3.36. The minimum Gasteiger partial charge on any atom is -0.463 e. The highest BCUT2D eigenvalue weighted by Gasteiger charge is 2.61. The van der Waals surface area contributed by atoms with Crippen LogP contribution in [0.1, 0.15) is 36.8 Å². The molecule has 11 nitrogen and oxygen atoms in total. The van der Waals surface area contributed by atoms with E-state index >= 15 is 0 Å². The zero-order valence-corrected chi connectivity index (χ0v) is 24.0. The van der Waals surface area contributed by atoms with Crippen LogP contribution in [-0.4, -0.2) is 92.1 Å². The zero-order valence-electron chi connectivity index (χ0n) is 23.1. The van der Waals surface area contributed by atoms with E-state index in [9.17, 15) is 27.6 Å². The minimum absolute atomic E-state index is 0.0208. The third-order valence-corrected chi connectivity index (χ3v) is 10.3. The largest absolute Gasteiger partial charge is 0.463 e. The van der Waals surface area contributed by atoms with Gasteiger partial charge in [0.05, 0.1) is 5.75 Å². The first kappa shape index (κ1) is 28.1. The molecule has 2 amide bonds. The Morgan fingerprint density at radius 1 is 0.976 bits per heavy atom. The first-order valence-electron chi connectivity index (χ1n) is 13.7. The van der Waals surface area contributed by atoms with E-state index in [1.165, 1.54) is 12.0 Å². The van der Waals surface area contributed by atoms with E-state index in [1.54, 1.807) is 0 Å². The lowest BCUT2D eigenvalue weighted by Crippen LogP contribution is -2.71. The number of ether oxygens (including phenoxy) is 3. The fraction of sp³-hybridized carbons (Fsp3) is 0.400. The van der Waals surface area contributed by atoms with Crippen LogP contribution in [0, 0.1) is 0 Å². The number of carbonyl (C=O) groups excluding carboxylic acids is 4. The number of benzene rings is 2. The molecule has 1 aliphatic carbocycles. The van der Waals surface area contributed by atoms with Gasteiger partial charge in [-0.05, 0) is 35.1 Å². The van der Waals surface area contributed by atoms with Crippen LogP contribution in [0.4, 0.5) is 0 Å². The molecule has 0 unspecified atom stereocenters. The lowest BCUT2D eigenvalue weighted by atomic mass is 9.98. The third-order valence-electron chi connectivity index (χ3n) is 8.36. The number of carbonyl (C=O) groups is 4. The summed E-state index contributed by atoms with van der Waals surface area (Å²) in [5, 5.41) is -1.37. The normalized spacial score (nSPS) is 24.0. The highest BCUT2D eigenvalue weighted by atomic mass is 32.2. The number of esters is 2. The Labute approximate surface area is 242 Å². The summed E-state index contributed by atoms with van der Waals surface area (Å²) < 4.78 is 42.0. The van der Waals surface area contributed by atoms with Gasteiger partial charge in [-0.3, -0.25) is 19.3 Å². The maximum atomic E-state index is 14.0. The Bertz CT molecular complexity index is 1590. The monoisotopic (exact) mass is 594 g/mol. The number of sulfone groups is 1. The van der Waals surface area contributed by atoms with E-state index < -0.39 is 63.5 Å². The molecule has 3 atom stereocenters. The van der Waals surface area contributed by atoms with Crippen molar-refractivity contribution in [2.24, 2.45) is 0 Å². The van der Waals surface area contributed by atoms with Gasteiger partial charge >= 0.3 is 11.9 Å². The number of hydrogen-bond donors (Lipinski definition) is 0. The van der Waals surface area contributed by atoms with Crippen molar-refractivity contribution in [3.05, 3.63) is 70.9 Å². The molecule has 6 rings (SSSR count). The van der Waals surface area contributed by atoms with E-state index in [1.807, 2.05) is 48.5 Å². The van der Waals surface area contributed by atoms with Crippen LogP contribution in [0.25, 0.3) is 11.1 Å². The summed E-state index contributed by atoms with van der Waals surface area (Å²) in [6.45, 7) is 0.982. The summed E-state index contributed by atoms with van der Waals surface area (Å²) in [4.78, 5) is 54.1. The molecular weight excluding hydrogens is 564 g/mol. The van der Waals surface area contributed by atoms with Crippen molar-refractivity contribution in [2.75, 3.05) is 32.6 Å². The van der Waals surface area contributed by atoms with Gasteiger partial charge in [-0.1, -0.05) is 48.5 Å². The Hall–Kier alpha value is -4.03. The fourth-order valence-electron chi connectivity index (χ4n) is 6.45. The predicted molar refractivity (Wildman–Crippen MR) is 148 cm³/mol. The molecule has 0 bridgehead atoms. The second kappa shape index (κ2) is 10.7. The van der Waals surface area contributed by atoms with E-state index in [2.05, 4.69) is 0 Å². The van der Waals surface area contributed by atoms with Crippen molar-refractivity contribution in [1.29, 1.82) is 0 Å². The molecule has 42 heavy (non-hydrogen) atoms. The standard InChI is InChI=1S/C30H30N2O9S/c1-17(33)40-14-18-16-42(37,38)29-26(39-2)28(35)32(29)25(18)27(34)31-13-7-12-24(31)30(36)41-15-23-21-10-5-3-8-19(21)20-9-4-6-11-22(20)23/h3-6,8-11,23-24,26,29H,7,12-16H2,1-2H3/t24-,26-,29+/m0/s1. The fourth-order valence-corrected chi connectivity index (χ4v) is 8.46. The number of likely N-dealkylation sites (tertiary alicyclic amines) is 1. The van der Waals surface area contributed by atoms with Crippen molar-refractivity contribution in [3.63, 3.8) is 0 Å². The maximum absolute atomic E-state index is 14.0. The molecule has 0 saturated carbocycles. The van der Waals surface area contributed by atoms with E-state index in [4.69, 9.17) is 14.2 Å². The second-order valence-electron chi connectivity index (χ2n) is 10.8. The highest BCUT2D eigenvalue weighted by molar-refractivity contribution is 7.92. The van der Waals surface area contributed by atoms with Gasteiger partial charge in [0.25, 0.3) is 11.8 Å². The molecule has 3 aliphatic heterocycles. The zero-order chi connectivity index (χ0) is 29.8. The van der Waals surface area contributed by atoms with Gasteiger partial charge in [-0.2, -0.15) is 0 Å². The quantitative estimate of drug-likeness (QED) is 0.347. The molecule has 2 aromatic rings. The number of methoxy groups -OCH3 is 1. The van der Waals surface area contributed by atoms with Crippen LogP contribution in [0.2, 0.25) is 0 Å². The summed E-state index contributed by atoms with van der Waals surface area (Å²) in [6, 6.07) is 15.0. The number of hydrogen-bond acceptors (Lipinski definition) is 9. The molecule has 0 N–H and O–H groups in total. The second-order valence-corrected chi connectivity index (χ2v) is 12.9. The summed E-state index contributed by atoms with van der Waals surface area (Å²) in [6.07, 6.45) is -0.376. The number of fused-ring (bicyclic) bond motifs is 4. The lowest BCUT2D eigenvalue weighted by molar-refractivity contribution is -0.162. The molecule has 12 heteroatoms. The average molecular weight is 595 g/mol. The third kappa shape index (κ3) is 4.49. The smallest absolute Gasteiger partial charge is 0.328 e. The van der Waals surface area contributed by atoms with Gasteiger partial charge in [0.15, 0.2) is 21.3 Å².